The molecule has 4 aromatic rings. The van der Waals surface area contributed by atoms with E-state index in [1.165, 1.54) is 35.2 Å². The molecule has 5 rings (SSSR count). The van der Waals surface area contributed by atoms with Crippen molar-refractivity contribution in [3.63, 3.8) is 0 Å². The fourth-order valence-electron chi connectivity index (χ4n) is 5.75. The van der Waals surface area contributed by atoms with Gasteiger partial charge in [-0.3, -0.25) is 13.9 Å². The van der Waals surface area contributed by atoms with Gasteiger partial charge in [0.1, 0.15) is 30.7 Å². The highest BCUT2D eigenvalue weighted by Gasteiger charge is 2.81. The average Bonchev–Trinajstić information content (AvgIpc) is 3.74. The van der Waals surface area contributed by atoms with Gasteiger partial charge in [0, 0.05) is 12.8 Å². The first kappa shape index (κ1) is 45.1. The molecule has 5 atom stereocenters. The van der Waals surface area contributed by atoms with Crippen LogP contribution in [0.1, 0.15) is 37.5 Å². The Balaban J connectivity index is 1.33. The first-order valence-corrected chi connectivity index (χ1v) is 18.8. The van der Waals surface area contributed by atoms with Gasteiger partial charge in [0.05, 0.1) is 12.9 Å². The highest BCUT2D eigenvalue weighted by atomic mass is 31.2. The van der Waals surface area contributed by atoms with Crippen molar-refractivity contribution in [2.75, 3.05) is 18.9 Å². The molecule has 0 radical (unpaired) electrons. The van der Waals surface area contributed by atoms with Crippen LogP contribution in [0.15, 0.2) is 67.0 Å². The monoisotopic (exact) mass is 870 g/mol. The molecule has 13 nitrogen and oxygen atoms in total. The number of aromatic nitrogens is 4. The summed E-state index contributed by atoms with van der Waals surface area (Å²) in [5, 5.41) is 13.6. The van der Waals surface area contributed by atoms with Gasteiger partial charge in [0.2, 0.25) is 0 Å². The molecular weight excluding hydrogens is 837 g/mol. The zero-order chi connectivity index (χ0) is 43.4. The number of aliphatic hydroxyl groups excluding tert-OH is 1. The van der Waals surface area contributed by atoms with Crippen molar-refractivity contribution >= 4 is 30.7 Å². The van der Waals surface area contributed by atoms with Gasteiger partial charge in [-0.05, 0) is 37.0 Å². The summed E-state index contributed by atoms with van der Waals surface area (Å²) in [5.41, 5.74) is 3.96. The minimum absolute atomic E-state index is 0.00493. The van der Waals surface area contributed by atoms with Crippen molar-refractivity contribution in [2.45, 2.75) is 80.0 Å². The Hall–Kier alpha value is -5.01. The number of rotatable bonds is 18. The number of hydrogen-bond acceptors (Lipinski definition) is 11. The maximum Gasteiger partial charge on any atom is 0.460 e. The topological polar surface area (TPSA) is 173 Å². The molecule has 0 unspecified atom stereocenters. The van der Waals surface area contributed by atoms with Crippen molar-refractivity contribution in [3.8, 4) is 18.1 Å². The first-order valence-electron chi connectivity index (χ1n) is 17.2. The predicted molar refractivity (Wildman–Crippen MR) is 185 cm³/mol. The van der Waals surface area contributed by atoms with Crippen molar-refractivity contribution in [1.29, 1.82) is 0 Å². The number of halogens is 10. The Bertz CT molecular complexity index is 2180. The van der Waals surface area contributed by atoms with E-state index in [0.717, 1.165) is 0 Å². The lowest BCUT2D eigenvalue weighted by atomic mass is 9.99. The lowest BCUT2D eigenvalue weighted by molar-refractivity contribution is -0.396. The van der Waals surface area contributed by atoms with Crippen molar-refractivity contribution in [3.05, 3.63) is 78.6 Å². The van der Waals surface area contributed by atoms with E-state index in [2.05, 4.69) is 26.0 Å². The fourth-order valence-corrected chi connectivity index (χ4v) is 7.26. The van der Waals surface area contributed by atoms with Crippen molar-refractivity contribution in [1.82, 2.24) is 24.6 Å². The number of aliphatic hydroxyl groups is 1. The second kappa shape index (κ2) is 17.3. The summed E-state index contributed by atoms with van der Waals surface area (Å²) in [6.45, 7) is -1.73. The van der Waals surface area contributed by atoms with Crippen LogP contribution >= 0.6 is 7.75 Å². The Kier molecular flexibility index (Phi) is 13.2. The van der Waals surface area contributed by atoms with E-state index < -0.39 is 100 Å². The molecule has 2 aromatic carbocycles. The number of unbranched alkanes of at least 4 members (excludes halogenated alkanes) is 1. The molecule has 0 saturated carbocycles. The number of nitrogen functional groups attached to an aromatic ring is 1. The second-order valence-electron chi connectivity index (χ2n) is 13.1. The highest BCUT2D eigenvalue weighted by Crippen LogP contribution is 2.54. The van der Waals surface area contributed by atoms with Crippen LogP contribution in [-0.2, 0) is 29.8 Å². The van der Waals surface area contributed by atoms with Gasteiger partial charge in [-0.1, -0.05) is 54.5 Å². The van der Waals surface area contributed by atoms with E-state index >= 15 is 0 Å². The molecule has 1 saturated heterocycles. The van der Waals surface area contributed by atoms with Crippen LogP contribution in [0.3, 0.4) is 0 Å². The number of nitrogens with zero attached hydrogens (tertiary/aromatic N) is 4. The van der Waals surface area contributed by atoms with E-state index in [9.17, 15) is 58.4 Å². The maximum absolute atomic E-state index is 14.5. The largest absolute Gasteiger partial charge is 0.465 e. The van der Waals surface area contributed by atoms with E-state index in [-0.39, 0.29) is 35.6 Å². The van der Waals surface area contributed by atoms with Gasteiger partial charge in [-0.25, -0.2) is 9.55 Å². The van der Waals surface area contributed by atoms with E-state index in [4.69, 9.17) is 30.7 Å². The van der Waals surface area contributed by atoms with Crippen LogP contribution in [0.25, 0.3) is 11.2 Å². The number of hydrogen-bond donors (Lipinski definition) is 3. The third kappa shape index (κ3) is 9.73. The molecule has 3 heterocycles. The number of terminal acetylenes is 1. The molecule has 1 aliphatic heterocycles. The number of esters is 1. The smallest absolute Gasteiger partial charge is 0.460 e. The Morgan fingerprint density at radius 3 is 2.31 bits per heavy atom. The number of imidazole rings is 1. The number of carbonyl (C=O) groups excluding carboxylic acids is 1. The van der Waals surface area contributed by atoms with Crippen LogP contribution in [0.4, 0.5) is 49.7 Å². The number of ether oxygens (including phenoxy) is 2. The normalized spacial score (nSPS) is 20.5. The van der Waals surface area contributed by atoms with Crippen LogP contribution in [0, 0.1) is 18.4 Å². The second-order valence-corrected chi connectivity index (χ2v) is 14.8. The van der Waals surface area contributed by atoms with Gasteiger partial charge in [-0.2, -0.15) is 59.0 Å². The third-order valence-corrected chi connectivity index (χ3v) is 10.5. The summed E-state index contributed by atoms with van der Waals surface area (Å²) in [6, 6.07) is 13.5. The average molecular weight is 871 g/mol. The van der Waals surface area contributed by atoms with Gasteiger partial charge in [0.15, 0.2) is 22.6 Å². The Morgan fingerprint density at radius 2 is 1.68 bits per heavy atom. The predicted octanol–water partition coefficient (Wildman–Crippen LogP) is 6.79. The molecule has 0 spiro atoms. The lowest BCUT2D eigenvalue weighted by Gasteiger charge is -2.33. The number of benzene rings is 2. The zero-order valence-corrected chi connectivity index (χ0v) is 31.0. The number of carbonyl (C=O) groups is 1. The van der Waals surface area contributed by atoms with Crippen LogP contribution < -0.4 is 15.3 Å². The van der Waals surface area contributed by atoms with Crippen molar-refractivity contribution < 1.29 is 76.9 Å². The number of alkyl halides is 9. The highest BCUT2D eigenvalue weighted by molar-refractivity contribution is 7.52. The molecule has 320 valence electrons. The molecule has 59 heavy (non-hydrogen) atoms. The van der Waals surface area contributed by atoms with Crippen molar-refractivity contribution in [2.24, 2.45) is 0 Å². The van der Waals surface area contributed by atoms with Gasteiger partial charge in [0.25, 0.3) is 0 Å². The van der Waals surface area contributed by atoms with Gasteiger partial charge >= 0.3 is 43.7 Å². The van der Waals surface area contributed by atoms with Crippen LogP contribution in [0.2, 0.25) is 0 Å². The number of nitrogens with two attached hydrogens (primary N) is 1. The third-order valence-electron chi connectivity index (χ3n) is 8.92. The molecular formula is C35H33F10N6O7P. The van der Waals surface area contributed by atoms with Gasteiger partial charge < -0.3 is 24.8 Å². The van der Waals surface area contributed by atoms with Gasteiger partial charge in [-0.15, -0.1) is 6.42 Å². The first-order chi connectivity index (χ1) is 27.5. The van der Waals surface area contributed by atoms with E-state index in [1.807, 2.05) is 0 Å². The van der Waals surface area contributed by atoms with E-state index in [1.54, 1.807) is 36.4 Å². The summed E-state index contributed by atoms with van der Waals surface area (Å²) in [7, 11) is -4.86. The fraction of sp³-hybridized carbons (Fsp3) is 0.429. The molecule has 24 heteroatoms. The SMILES string of the molecule is C#C[C@]1(CO[P@@](=O)(N[C@@H](Cc2ccccc2)C(=O)OCCCCC(F)(F)C(F)(F)C(F)(F)C(F)(F)F)Oc2ccccc2)O[C@@H](n2cnc3c(N)nc(F)nc32)C[C@@H]1O. The number of nitrogens with one attached hydrogen (secondary N) is 1. The maximum atomic E-state index is 14.5. The molecule has 1 aliphatic rings. The molecule has 2 aromatic heterocycles. The lowest BCUT2D eigenvalue weighted by Crippen LogP contribution is -2.60. The summed E-state index contributed by atoms with van der Waals surface area (Å²) < 4.78 is 172. The Morgan fingerprint density at radius 1 is 1.03 bits per heavy atom. The summed E-state index contributed by atoms with van der Waals surface area (Å²) in [6.07, 6.45) is -8.43. The number of anilines is 1. The zero-order valence-electron chi connectivity index (χ0n) is 30.1. The minimum atomic E-state index is -7.05. The molecule has 4 N–H and O–H groups in total. The molecule has 0 amide bonds. The summed E-state index contributed by atoms with van der Waals surface area (Å²) in [5.74, 6) is -19.0. The molecule has 1 fully saturated rings. The molecule has 0 aliphatic carbocycles. The van der Waals surface area contributed by atoms with Crippen LogP contribution in [-0.4, -0.2) is 85.5 Å². The van der Waals surface area contributed by atoms with Crippen LogP contribution in [0.5, 0.6) is 5.75 Å². The number of para-hydroxylation sites is 1. The quantitative estimate of drug-likeness (QED) is 0.0239. The standard InChI is InChI=1S/C35H33F10N6O7P/c1-2-31(24(52)18-25(57-31)51-20-47-26-27(46)48-30(36)49-28(26)51)19-56-59(54,58-22-13-7-4-8-14-22)50-23(17-21-11-5-3-6-12-21)29(53)55-16-10-9-15-32(37,38)33(39,40)34(41,42)35(43,44)45/h1,3-8,11-14,20,23-25,52H,9-10,15-19H2,(H,50,54)(H2,46,48,49)/t23-,24-,25+,31+,59-/m0/s1. The number of fused-ring (bicyclic) bond motifs is 1. The Labute approximate surface area is 327 Å². The van der Waals surface area contributed by atoms with E-state index in [0.29, 0.717) is 5.56 Å². The summed E-state index contributed by atoms with van der Waals surface area (Å²) >= 11 is 0. The molecule has 0 bridgehead atoms. The summed E-state index contributed by atoms with van der Waals surface area (Å²) in [4.78, 5) is 24.6. The minimum Gasteiger partial charge on any atom is -0.465 e.